The Balaban J connectivity index is 0. The summed E-state index contributed by atoms with van der Waals surface area (Å²) in [6.45, 7) is 3.28. The van der Waals surface area contributed by atoms with Crippen LogP contribution in [0.25, 0.3) is 0 Å². The van der Waals surface area contributed by atoms with Gasteiger partial charge >= 0.3 is 29.6 Å². The van der Waals surface area contributed by atoms with Crippen LogP contribution in [-0.4, -0.2) is 29.6 Å². The minimum absolute atomic E-state index is 0. The molecule has 0 heterocycles. The van der Waals surface area contributed by atoms with Crippen LogP contribution in [0.1, 0.15) is 6.92 Å². The zero-order valence-electron chi connectivity index (χ0n) is 2.15. The molecule has 21 valence electrons. The maximum atomic E-state index is 4.72. The predicted octanol–water partition coefficient (Wildman–Crippen LogP) is -0.522. The van der Waals surface area contributed by atoms with Gasteiger partial charge in [-0.2, -0.15) is 0 Å². The molecule has 0 spiro atoms. The van der Waals surface area contributed by atoms with Gasteiger partial charge in [-0.05, 0) is 6.92 Å². The molecule has 0 aromatic rings. The standard InChI is InChI=1S/C2H6N.Na.H/c1-2-3;;/h2H,3H2,1H3;;. The molecule has 0 saturated carbocycles. The van der Waals surface area contributed by atoms with Crippen molar-refractivity contribution >= 4 is 29.6 Å². The summed E-state index contributed by atoms with van der Waals surface area (Å²) in [5.41, 5.74) is 4.72. The van der Waals surface area contributed by atoms with Crippen LogP contribution in [0.15, 0.2) is 0 Å². The topological polar surface area (TPSA) is 26.0 Å². The minimum atomic E-state index is 0. The number of hydrogen-bond donors (Lipinski definition) is 1. The van der Waals surface area contributed by atoms with Crippen LogP contribution in [0.4, 0.5) is 0 Å². The molecule has 2 heteroatoms. The second kappa shape index (κ2) is 9.03. The fraction of sp³-hybridized carbons (Fsp3) is 0.500. The third kappa shape index (κ3) is 12.3. The quantitative estimate of drug-likeness (QED) is 0.380. The van der Waals surface area contributed by atoms with Crippen molar-refractivity contribution in [3.63, 3.8) is 0 Å². The Morgan fingerprint density at radius 1 is 1.75 bits per heavy atom. The molecule has 0 aliphatic heterocycles. The van der Waals surface area contributed by atoms with Gasteiger partial charge in [0.25, 0.3) is 0 Å². The van der Waals surface area contributed by atoms with Crippen LogP contribution in [0, 0.1) is 6.54 Å². The fourth-order valence-corrected chi connectivity index (χ4v) is 0. The van der Waals surface area contributed by atoms with Gasteiger partial charge in [0.1, 0.15) is 0 Å². The van der Waals surface area contributed by atoms with Gasteiger partial charge in [0, 0.05) is 6.54 Å². The van der Waals surface area contributed by atoms with Gasteiger partial charge in [-0.15, -0.1) is 0 Å². The summed E-state index contributed by atoms with van der Waals surface area (Å²) in [6.07, 6.45) is 0. The van der Waals surface area contributed by atoms with E-state index in [4.69, 9.17) is 5.73 Å². The molecule has 0 fully saturated rings. The van der Waals surface area contributed by atoms with E-state index in [1.54, 1.807) is 6.92 Å². The van der Waals surface area contributed by atoms with Crippen molar-refractivity contribution in [1.29, 1.82) is 0 Å². The molecule has 0 aliphatic rings. The third-order valence-electron chi connectivity index (χ3n) is 0. The van der Waals surface area contributed by atoms with Gasteiger partial charge in [-0.25, -0.2) is 0 Å². The Morgan fingerprint density at radius 3 is 1.75 bits per heavy atom. The maximum absolute atomic E-state index is 4.72. The Kier molecular flexibility index (Phi) is 20.0. The van der Waals surface area contributed by atoms with E-state index in [-0.39, 0.29) is 29.6 Å². The molecule has 0 amide bonds. The van der Waals surface area contributed by atoms with Crippen LogP contribution in [0.5, 0.6) is 0 Å². The number of hydrogen-bond acceptors (Lipinski definition) is 1. The molecule has 0 aromatic carbocycles. The summed E-state index contributed by atoms with van der Waals surface area (Å²) >= 11 is 0. The van der Waals surface area contributed by atoms with Crippen molar-refractivity contribution in [2.75, 3.05) is 0 Å². The van der Waals surface area contributed by atoms with Gasteiger partial charge < -0.3 is 5.73 Å². The van der Waals surface area contributed by atoms with Crippen molar-refractivity contribution in [2.24, 2.45) is 5.73 Å². The number of nitrogens with two attached hydrogens (primary N) is 1. The SMILES string of the molecule is C[CH]N.[NaH]. The van der Waals surface area contributed by atoms with Gasteiger partial charge in [-0.3, -0.25) is 0 Å². The molecule has 0 saturated heterocycles. The fourth-order valence-electron chi connectivity index (χ4n) is 0. The number of rotatable bonds is 0. The van der Waals surface area contributed by atoms with Crippen molar-refractivity contribution in [3.05, 3.63) is 6.54 Å². The normalized spacial score (nSPS) is 4.50. The van der Waals surface area contributed by atoms with Crippen LogP contribution in [0.3, 0.4) is 0 Å². The second-order valence-corrected chi connectivity index (χ2v) is 0.333. The molecular formula is C2H7NNa. The van der Waals surface area contributed by atoms with Gasteiger partial charge in [-0.1, -0.05) is 0 Å². The zero-order chi connectivity index (χ0) is 2.71. The van der Waals surface area contributed by atoms with Gasteiger partial charge in [0.15, 0.2) is 0 Å². The van der Waals surface area contributed by atoms with Gasteiger partial charge in [0.05, 0.1) is 0 Å². The van der Waals surface area contributed by atoms with E-state index in [9.17, 15) is 0 Å². The summed E-state index contributed by atoms with van der Waals surface area (Å²) < 4.78 is 0. The van der Waals surface area contributed by atoms with E-state index < -0.39 is 0 Å². The van der Waals surface area contributed by atoms with Crippen molar-refractivity contribution < 1.29 is 0 Å². The zero-order valence-corrected chi connectivity index (χ0v) is 2.15. The Labute approximate surface area is 48.9 Å². The summed E-state index contributed by atoms with van der Waals surface area (Å²) in [5.74, 6) is 0. The Morgan fingerprint density at radius 2 is 1.75 bits per heavy atom. The third-order valence-corrected chi connectivity index (χ3v) is 0. The molecule has 0 aliphatic carbocycles. The molecule has 4 heavy (non-hydrogen) atoms. The first kappa shape index (κ1) is 8.88. The molecular weight excluding hydrogens is 61.0 g/mol. The molecule has 2 N–H and O–H groups in total. The first-order valence-corrected chi connectivity index (χ1v) is 0.911. The Bertz CT molecular complexity index is 6.00. The van der Waals surface area contributed by atoms with Crippen molar-refractivity contribution in [1.82, 2.24) is 0 Å². The summed E-state index contributed by atoms with van der Waals surface area (Å²) in [4.78, 5) is 0. The molecule has 0 bridgehead atoms. The molecule has 0 rings (SSSR count). The van der Waals surface area contributed by atoms with Crippen LogP contribution in [0.2, 0.25) is 0 Å². The van der Waals surface area contributed by atoms with Crippen molar-refractivity contribution in [2.45, 2.75) is 6.92 Å². The van der Waals surface area contributed by atoms with E-state index in [2.05, 4.69) is 0 Å². The molecule has 1 nitrogen and oxygen atoms in total. The summed E-state index contributed by atoms with van der Waals surface area (Å²) in [5, 5.41) is 0. The van der Waals surface area contributed by atoms with Crippen LogP contribution >= 0.6 is 0 Å². The molecule has 1 radical (unpaired) electrons. The van der Waals surface area contributed by atoms with Crippen molar-refractivity contribution in [3.8, 4) is 0 Å². The average Bonchev–Trinajstić information content (AvgIpc) is 0.918. The first-order valence-electron chi connectivity index (χ1n) is 0.911. The van der Waals surface area contributed by atoms with Crippen LogP contribution in [-0.2, 0) is 0 Å². The predicted molar refractivity (Wildman–Crippen MR) is 21.3 cm³/mol. The van der Waals surface area contributed by atoms with Gasteiger partial charge in [0.2, 0.25) is 0 Å². The summed E-state index contributed by atoms with van der Waals surface area (Å²) in [6, 6.07) is 0. The second-order valence-electron chi connectivity index (χ2n) is 0.333. The van der Waals surface area contributed by atoms with E-state index in [1.807, 2.05) is 0 Å². The summed E-state index contributed by atoms with van der Waals surface area (Å²) in [7, 11) is 0. The average molecular weight is 68.1 g/mol. The molecule has 0 atom stereocenters. The monoisotopic (exact) mass is 68.0 g/mol. The first-order chi connectivity index (χ1) is 1.41. The molecule has 0 unspecified atom stereocenters. The van der Waals surface area contributed by atoms with E-state index in [1.165, 1.54) is 6.54 Å². The Hall–Kier alpha value is 0.960. The van der Waals surface area contributed by atoms with E-state index in [0.717, 1.165) is 0 Å². The van der Waals surface area contributed by atoms with E-state index >= 15 is 0 Å². The molecule has 0 aromatic heterocycles. The van der Waals surface area contributed by atoms with E-state index in [0.29, 0.717) is 0 Å². The van der Waals surface area contributed by atoms with Crippen LogP contribution < -0.4 is 5.73 Å².